The first kappa shape index (κ1) is 14.2. The summed E-state index contributed by atoms with van der Waals surface area (Å²) in [6.45, 7) is 1.20. The molecule has 0 saturated heterocycles. The molecule has 0 N–H and O–H groups in total. The molecule has 0 unspecified atom stereocenters. The number of halogens is 5. The van der Waals surface area contributed by atoms with E-state index in [1.54, 1.807) is 0 Å². The highest BCUT2D eigenvalue weighted by Gasteiger charge is 2.60. The van der Waals surface area contributed by atoms with Crippen LogP contribution in [0.5, 0.6) is 0 Å². The van der Waals surface area contributed by atoms with Crippen LogP contribution in [-0.4, -0.2) is 26.7 Å². The lowest BCUT2D eigenvalue weighted by atomic mass is 10.2. The molecule has 2 aromatic heterocycles. The van der Waals surface area contributed by atoms with Gasteiger partial charge >= 0.3 is 12.1 Å². The van der Waals surface area contributed by atoms with Gasteiger partial charge < -0.3 is 9.90 Å². The van der Waals surface area contributed by atoms with Crippen molar-refractivity contribution in [2.45, 2.75) is 19.0 Å². The average Bonchev–Trinajstić information content (AvgIpc) is 2.69. The van der Waals surface area contributed by atoms with E-state index in [-0.39, 0.29) is 10.2 Å². The minimum absolute atomic E-state index is 0.138. The molecule has 108 valence electrons. The van der Waals surface area contributed by atoms with Crippen LogP contribution in [0.15, 0.2) is 12.1 Å². The van der Waals surface area contributed by atoms with Gasteiger partial charge in [0.15, 0.2) is 5.65 Å². The van der Waals surface area contributed by atoms with Gasteiger partial charge in [-0.2, -0.15) is 27.1 Å². The summed E-state index contributed by atoms with van der Waals surface area (Å²) in [4.78, 5) is 14.2. The fourth-order valence-corrected chi connectivity index (χ4v) is 1.57. The third-order valence-electron chi connectivity index (χ3n) is 2.44. The number of aromatic nitrogens is 3. The standard InChI is InChI=1S/C10H6F5N3O2/c1-4-2-6(9(11,12)10(13,14)15)18-7(16-4)3-5(17-18)8(19)20/h2-3H,1H3,(H,19,20)/p-1. The minimum atomic E-state index is -5.85. The Kier molecular flexibility index (Phi) is 2.91. The van der Waals surface area contributed by atoms with Gasteiger partial charge in [-0.25, -0.2) is 9.50 Å². The Hall–Kier alpha value is -2.26. The van der Waals surface area contributed by atoms with E-state index in [0.29, 0.717) is 6.07 Å². The highest BCUT2D eigenvalue weighted by molar-refractivity contribution is 5.84. The van der Waals surface area contributed by atoms with Crippen LogP contribution >= 0.6 is 0 Å². The molecular weight excluding hydrogens is 289 g/mol. The van der Waals surface area contributed by atoms with Crippen LogP contribution in [0, 0.1) is 6.92 Å². The van der Waals surface area contributed by atoms with Gasteiger partial charge in [-0.15, -0.1) is 0 Å². The van der Waals surface area contributed by atoms with Gasteiger partial charge in [-0.1, -0.05) is 0 Å². The summed E-state index contributed by atoms with van der Waals surface area (Å²) in [5.74, 6) is -7.01. The number of carboxylic acids is 1. The Morgan fingerprint density at radius 1 is 1.25 bits per heavy atom. The predicted molar refractivity (Wildman–Crippen MR) is 52.0 cm³/mol. The number of hydrogen-bond donors (Lipinski definition) is 0. The second kappa shape index (κ2) is 4.12. The zero-order valence-corrected chi connectivity index (χ0v) is 9.70. The Morgan fingerprint density at radius 3 is 2.35 bits per heavy atom. The lowest BCUT2D eigenvalue weighted by Gasteiger charge is -2.20. The summed E-state index contributed by atoms with van der Waals surface area (Å²) in [5.41, 5.74) is -2.88. The number of carbonyl (C=O) groups is 1. The lowest BCUT2D eigenvalue weighted by molar-refractivity contribution is -0.291. The number of carboxylic acid groups (broad SMARTS) is 1. The number of nitrogens with zero attached hydrogens (tertiary/aromatic N) is 3. The number of fused-ring (bicyclic) bond motifs is 1. The predicted octanol–water partition coefficient (Wildman–Crippen LogP) is 1.06. The first-order valence-corrected chi connectivity index (χ1v) is 5.08. The molecule has 2 heterocycles. The summed E-state index contributed by atoms with van der Waals surface area (Å²) in [6, 6.07) is 1.24. The molecule has 0 amide bonds. The Labute approximate surface area is 107 Å². The molecule has 0 fully saturated rings. The molecule has 2 aromatic rings. The molecule has 0 saturated carbocycles. The van der Waals surface area contributed by atoms with E-state index in [4.69, 9.17) is 0 Å². The average molecular weight is 294 g/mol. The molecule has 0 aromatic carbocycles. The van der Waals surface area contributed by atoms with E-state index in [2.05, 4.69) is 10.1 Å². The van der Waals surface area contributed by atoms with Crippen LogP contribution in [0.4, 0.5) is 22.0 Å². The number of alkyl halides is 5. The number of hydrogen-bond acceptors (Lipinski definition) is 4. The Bertz CT molecular complexity index is 692. The van der Waals surface area contributed by atoms with Crippen LogP contribution in [0.3, 0.4) is 0 Å². The minimum Gasteiger partial charge on any atom is -0.543 e. The molecule has 0 atom stereocenters. The molecule has 20 heavy (non-hydrogen) atoms. The van der Waals surface area contributed by atoms with Crippen molar-refractivity contribution in [2.24, 2.45) is 0 Å². The Balaban J connectivity index is 2.79. The van der Waals surface area contributed by atoms with Gasteiger partial charge in [0.1, 0.15) is 11.4 Å². The highest BCUT2D eigenvalue weighted by atomic mass is 19.4. The molecule has 0 aliphatic carbocycles. The van der Waals surface area contributed by atoms with Gasteiger partial charge in [0, 0.05) is 11.8 Å². The molecule has 0 radical (unpaired) electrons. The summed E-state index contributed by atoms with van der Waals surface area (Å²) < 4.78 is 64.2. The van der Waals surface area contributed by atoms with Crippen LogP contribution < -0.4 is 5.11 Å². The van der Waals surface area contributed by atoms with Crippen molar-refractivity contribution in [1.29, 1.82) is 0 Å². The SMILES string of the molecule is Cc1cc(C(F)(F)C(F)(F)F)n2nc(C(=O)[O-])cc2n1. The van der Waals surface area contributed by atoms with Crippen LogP contribution in [0.25, 0.3) is 5.65 Å². The van der Waals surface area contributed by atoms with E-state index in [1.807, 2.05) is 0 Å². The highest BCUT2D eigenvalue weighted by Crippen LogP contribution is 2.43. The number of rotatable bonds is 2. The van der Waals surface area contributed by atoms with Crippen LogP contribution in [0.1, 0.15) is 21.9 Å². The first-order valence-electron chi connectivity index (χ1n) is 5.08. The van der Waals surface area contributed by atoms with Gasteiger partial charge in [0.2, 0.25) is 0 Å². The zero-order chi connectivity index (χ0) is 15.3. The van der Waals surface area contributed by atoms with Crippen molar-refractivity contribution in [3.05, 3.63) is 29.2 Å². The first-order chi connectivity index (χ1) is 9.04. The fraction of sp³-hybridized carbons (Fsp3) is 0.300. The smallest absolute Gasteiger partial charge is 0.459 e. The Morgan fingerprint density at radius 2 is 1.85 bits per heavy atom. The largest absolute Gasteiger partial charge is 0.543 e. The number of aromatic carboxylic acids is 1. The molecule has 0 bridgehead atoms. The summed E-state index contributed by atoms with van der Waals surface area (Å²) in [6.07, 6.45) is -5.85. The summed E-state index contributed by atoms with van der Waals surface area (Å²) in [7, 11) is 0. The second-order valence-corrected chi connectivity index (χ2v) is 3.94. The van der Waals surface area contributed by atoms with Crippen molar-refractivity contribution < 1.29 is 31.9 Å². The van der Waals surface area contributed by atoms with Gasteiger partial charge in [-0.05, 0) is 13.0 Å². The van der Waals surface area contributed by atoms with Gasteiger partial charge in [-0.3, -0.25) is 0 Å². The quantitative estimate of drug-likeness (QED) is 0.776. The third kappa shape index (κ3) is 2.06. The molecular formula is C10H5F5N3O2-. The summed E-state index contributed by atoms with van der Waals surface area (Å²) in [5, 5.41) is 13.7. The molecule has 0 aliphatic rings. The number of carbonyl (C=O) groups excluding carboxylic acids is 1. The van der Waals surface area contributed by atoms with Crippen molar-refractivity contribution in [3.63, 3.8) is 0 Å². The molecule has 2 rings (SSSR count). The maximum atomic E-state index is 13.4. The second-order valence-electron chi connectivity index (χ2n) is 3.94. The topological polar surface area (TPSA) is 70.3 Å². The molecule has 0 spiro atoms. The maximum Gasteiger partial charge on any atom is 0.459 e. The van der Waals surface area contributed by atoms with Gasteiger partial charge in [0.25, 0.3) is 0 Å². The number of aryl methyl sites for hydroxylation is 1. The molecule has 10 heteroatoms. The van der Waals surface area contributed by atoms with Crippen LogP contribution in [0.2, 0.25) is 0 Å². The van der Waals surface area contributed by atoms with Crippen molar-refractivity contribution >= 4 is 11.6 Å². The van der Waals surface area contributed by atoms with E-state index in [9.17, 15) is 31.9 Å². The van der Waals surface area contributed by atoms with E-state index in [0.717, 1.165) is 6.07 Å². The van der Waals surface area contributed by atoms with Gasteiger partial charge in [0.05, 0.1) is 5.97 Å². The normalized spacial score (nSPS) is 12.9. The van der Waals surface area contributed by atoms with Crippen molar-refractivity contribution in [3.8, 4) is 0 Å². The monoisotopic (exact) mass is 294 g/mol. The maximum absolute atomic E-state index is 13.4. The van der Waals surface area contributed by atoms with Crippen LogP contribution in [-0.2, 0) is 5.92 Å². The lowest BCUT2D eigenvalue weighted by Crippen LogP contribution is -2.36. The van der Waals surface area contributed by atoms with Crippen molar-refractivity contribution in [2.75, 3.05) is 0 Å². The molecule has 0 aliphatic heterocycles. The molecule has 5 nitrogen and oxygen atoms in total. The van der Waals surface area contributed by atoms with E-state index in [1.165, 1.54) is 6.92 Å². The van der Waals surface area contributed by atoms with Crippen molar-refractivity contribution in [1.82, 2.24) is 14.6 Å². The van der Waals surface area contributed by atoms with E-state index >= 15 is 0 Å². The third-order valence-corrected chi connectivity index (χ3v) is 2.44. The van der Waals surface area contributed by atoms with E-state index < -0.39 is 35.1 Å². The fourth-order valence-electron chi connectivity index (χ4n) is 1.57. The summed E-state index contributed by atoms with van der Waals surface area (Å²) >= 11 is 0. The zero-order valence-electron chi connectivity index (χ0n) is 9.70.